The third-order valence-corrected chi connectivity index (χ3v) is 5.00. The van der Waals surface area contributed by atoms with Gasteiger partial charge < -0.3 is 10.2 Å². The molecule has 7 heteroatoms. The highest BCUT2D eigenvalue weighted by Crippen LogP contribution is 2.12. The zero-order valence-electron chi connectivity index (χ0n) is 15.7. The Morgan fingerprint density at radius 3 is 2.85 bits per heavy atom. The standard InChI is InChI=1S/C20H25N5S.HI/c1-3-21-20(24(2)13-10-19-9-5-14-26-19)22-16-17-7-4-8-18(15-17)25-12-6-11-23-25;/h4-9,11-12,14-15H,3,10,13,16H2,1-2H3,(H,21,22);1H. The number of hydrogen-bond acceptors (Lipinski definition) is 3. The van der Waals surface area contributed by atoms with Crippen molar-refractivity contribution >= 4 is 41.3 Å². The Bertz CT molecular complexity index is 815. The molecule has 1 aromatic carbocycles. The zero-order valence-corrected chi connectivity index (χ0v) is 18.9. The van der Waals surface area contributed by atoms with Gasteiger partial charge in [0.05, 0.1) is 12.2 Å². The molecule has 0 aliphatic rings. The molecule has 0 atom stereocenters. The quantitative estimate of drug-likeness (QED) is 0.304. The van der Waals surface area contributed by atoms with Crippen LogP contribution in [0.15, 0.2) is 65.2 Å². The summed E-state index contributed by atoms with van der Waals surface area (Å²) in [7, 11) is 2.09. The summed E-state index contributed by atoms with van der Waals surface area (Å²) in [6, 6.07) is 14.6. The highest BCUT2D eigenvalue weighted by molar-refractivity contribution is 14.0. The Balaban J connectivity index is 0.00000261. The monoisotopic (exact) mass is 495 g/mol. The first-order chi connectivity index (χ1) is 12.8. The van der Waals surface area contributed by atoms with Gasteiger partial charge in [0.1, 0.15) is 0 Å². The molecule has 0 bridgehead atoms. The maximum atomic E-state index is 4.81. The number of hydrogen-bond donors (Lipinski definition) is 1. The summed E-state index contributed by atoms with van der Waals surface area (Å²) in [5.74, 6) is 0.938. The molecule has 2 aromatic heterocycles. The van der Waals surface area contributed by atoms with Gasteiger partial charge in [-0.2, -0.15) is 5.10 Å². The van der Waals surface area contributed by atoms with Crippen LogP contribution < -0.4 is 5.32 Å². The van der Waals surface area contributed by atoms with E-state index in [0.717, 1.165) is 31.2 Å². The SMILES string of the molecule is CCNC(=NCc1cccc(-n2cccn2)c1)N(C)CCc1cccs1.I. The van der Waals surface area contributed by atoms with Gasteiger partial charge >= 0.3 is 0 Å². The van der Waals surface area contributed by atoms with E-state index in [2.05, 4.69) is 71.1 Å². The van der Waals surface area contributed by atoms with Gasteiger partial charge in [0.25, 0.3) is 0 Å². The second-order valence-corrected chi connectivity index (χ2v) is 7.07. The number of nitrogens with one attached hydrogen (secondary N) is 1. The summed E-state index contributed by atoms with van der Waals surface area (Å²) in [6.07, 6.45) is 4.77. The van der Waals surface area contributed by atoms with Crippen molar-refractivity contribution in [3.05, 3.63) is 70.7 Å². The largest absolute Gasteiger partial charge is 0.357 e. The lowest BCUT2D eigenvalue weighted by Crippen LogP contribution is -2.39. The molecule has 0 aliphatic heterocycles. The third-order valence-electron chi connectivity index (χ3n) is 4.06. The molecule has 0 unspecified atom stereocenters. The van der Waals surface area contributed by atoms with Crippen molar-refractivity contribution in [1.29, 1.82) is 0 Å². The van der Waals surface area contributed by atoms with Gasteiger partial charge in [-0.25, -0.2) is 9.67 Å². The van der Waals surface area contributed by atoms with Gasteiger partial charge in [0, 0.05) is 37.4 Å². The number of guanidine groups is 1. The molecule has 3 rings (SSSR count). The second kappa shape index (κ2) is 11.1. The molecule has 0 amide bonds. The average molecular weight is 495 g/mol. The first-order valence-electron chi connectivity index (χ1n) is 8.87. The van der Waals surface area contributed by atoms with Crippen molar-refractivity contribution in [2.75, 3.05) is 20.1 Å². The van der Waals surface area contributed by atoms with E-state index in [1.54, 1.807) is 17.5 Å². The maximum Gasteiger partial charge on any atom is 0.193 e. The van der Waals surface area contributed by atoms with Gasteiger partial charge in [0.2, 0.25) is 0 Å². The topological polar surface area (TPSA) is 45.5 Å². The molecule has 27 heavy (non-hydrogen) atoms. The molecular formula is C20H26IN5S. The van der Waals surface area contributed by atoms with Crippen molar-refractivity contribution in [3.63, 3.8) is 0 Å². The maximum absolute atomic E-state index is 4.81. The van der Waals surface area contributed by atoms with Crippen LogP contribution in [0.3, 0.4) is 0 Å². The number of thiophene rings is 1. The molecule has 0 saturated heterocycles. The van der Waals surface area contributed by atoms with Crippen LogP contribution in [0.4, 0.5) is 0 Å². The minimum Gasteiger partial charge on any atom is -0.357 e. The van der Waals surface area contributed by atoms with E-state index in [9.17, 15) is 0 Å². The second-order valence-electron chi connectivity index (χ2n) is 6.04. The Labute approximate surface area is 182 Å². The highest BCUT2D eigenvalue weighted by Gasteiger charge is 2.06. The first-order valence-corrected chi connectivity index (χ1v) is 9.75. The molecule has 2 heterocycles. The molecule has 0 aliphatic carbocycles. The normalized spacial score (nSPS) is 11.1. The van der Waals surface area contributed by atoms with Crippen LogP contribution in [-0.4, -0.2) is 40.8 Å². The van der Waals surface area contributed by atoms with E-state index in [1.165, 1.54) is 10.4 Å². The summed E-state index contributed by atoms with van der Waals surface area (Å²) in [6.45, 7) is 4.54. The van der Waals surface area contributed by atoms with Crippen molar-refractivity contribution in [3.8, 4) is 5.69 Å². The molecule has 0 fully saturated rings. The average Bonchev–Trinajstić information content (AvgIpc) is 3.37. The molecule has 0 spiro atoms. The lowest BCUT2D eigenvalue weighted by atomic mass is 10.2. The fourth-order valence-corrected chi connectivity index (χ4v) is 3.39. The fraction of sp³-hybridized carbons (Fsp3) is 0.300. The summed E-state index contributed by atoms with van der Waals surface area (Å²) >= 11 is 1.81. The van der Waals surface area contributed by atoms with Crippen molar-refractivity contribution in [2.24, 2.45) is 4.99 Å². The lowest BCUT2D eigenvalue weighted by molar-refractivity contribution is 0.486. The van der Waals surface area contributed by atoms with Crippen molar-refractivity contribution in [2.45, 2.75) is 19.9 Å². The van der Waals surface area contributed by atoms with Crippen LogP contribution in [0.1, 0.15) is 17.4 Å². The lowest BCUT2D eigenvalue weighted by Gasteiger charge is -2.21. The third kappa shape index (κ3) is 6.35. The van der Waals surface area contributed by atoms with E-state index < -0.39 is 0 Å². The first kappa shape index (κ1) is 21.4. The number of aromatic nitrogens is 2. The van der Waals surface area contributed by atoms with E-state index in [4.69, 9.17) is 4.99 Å². The van der Waals surface area contributed by atoms with Gasteiger partial charge in [-0.15, -0.1) is 35.3 Å². The number of halogens is 1. The van der Waals surface area contributed by atoms with E-state index >= 15 is 0 Å². The molecule has 0 saturated carbocycles. The Morgan fingerprint density at radius 1 is 1.26 bits per heavy atom. The van der Waals surface area contributed by atoms with E-state index in [0.29, 0.717) is 6.54 Å². The zero-order chi connectivity index (χ0) is 18.2. The molecular weight excluding hydrogens is 469 g/mol. The Morgan fingerprint density at radius 2 is 2.15 bits per heavy atom. The Hall–Kier alpha value is -1.87. The molecule has 144 valence electrons. The predicted octanol–water partition coefficient (Wildman–Crippen LogP) is 4.19. The summed E-state index contributed by atoms with van der Waals surface area (Å²) in [5.41, 5.74) is 2.22. The predicted molar refractivity (Wildman–Crippen MR) is 124 cm³/mol. The minimum absolute atomic E-state index is 0. The van der Waals surface area contributed by atoms with Gasteiger partial charge in [-0.1, -0.05) is 18.2 Å². The fourth-order valence-electron chi connectivity index (χ4n) is 2.69. The summed E-state index contributed by atoms with van der Waals surface area (Å²) in [4.78, 5) is 8.41. The summed E-state index contributed by atoms with van der Waals surface area (Å²) in [5, 5.41) is 9.80. The van der Waals surface area contributed by atoms with Gasteiger partial charge in [-0.3, -0.25) is 0 Å². The minimum atomic E-state index is 0. The van der Waals surface area contributed by atoms with Crippen LogP contribution in [0.25, 0.3) is 5.69 Å². The van der Waals surface area contributed by atoms with Crippen molar-refractivity contribution in [1.82, 2.24) is 20.0 Å². The number of nitrogens with zero attached hydrogens (tertiary/aromatic N) is 4. The van der Waals surface area contributed by atoms with Crippen molar-refractivity contribution < 1.29 is 0 Å². The van der Waals surface area contributed by atoms with Crippen LogP contribution in [-0.2, 0) is 13.0 Å². The molecule has 3 aromatic rings. The number of likely N-dealkylation sites (N-methyl/N-ethyl adjacent to an activating group) is 1. The van der Waals surface area contributed by atoms with Crippen LogP contribution >= 0.6 is 35.3 Å². The smallest absolute Gasteiger partial charge is 0.193 e. The highest BCUT2D eigenvalue weighted by atomic mass is 127. The van der Waals surface area contributed by atoms with Crippen LogP contribution in [0, 0.1) is 0 Å². The Kier molecular flexibility index (Phi) is 8.80. The van der Waals surface area contributed by atoms with E-state index in [-0.39, 0.29) is 24.0 Å². The summed E-state index contributed by atoms with van der Waals surface area (Å²) < 4.78 is 1.87. The number of benzene rings is 1. The molecule has 1 N–H and O–H groups in total. The van der Waals surface area contributed by atoms with Gasteiger partial charge in [0.15, 0.2) is 5.96 Å². The van der Waals surface area contributed by atoms with Crippen LogP contribution in [0.5, 0.6) is 0 Å². The van der Waals surface area contributed by atoms with E-state index in [1.807, 2.05) is 16.9 Å². The van der Waals surface area contributed by atoms with Crippen LogP contribution in [0.2, 0.25) is 0 Å². The molecule has 5 nitrogen and oxygen atoms in total. The number of aliphatic imine (C=N–C) groups is 1. The van der Waals surface area contributed by atoms with Gasteiger partial charge in [-0.05, 0) is 48.6 Å². The number of rotatable bonds is 7. The molecule has 0 radical (unpaired) electrons.